The molecule has 0 aliphatic heterocycles. The van der Waals surface area contributed by atoms with Crippen molar-refractivity contribution in [1.29, 1.82) is 0 Å². The third-order valence-corrected chi connectivity index (χ3v) is 3.87. The van der Waals surface area contributed by atoms with Gasteiger partial charge in [-0.05, 0) is 19.3 Å². The lowest BCUT2D eigenvalue weighted by Gasteiger charge is -2.06. The van der Waals surface area contributed by atoms with Gasteiger partial charge in [0, 0.05) is 6.42 Å². The highest BCUT2D eigenvalue weighted by Gasteiger charge is 2.00. The van der Waals surface area contributed by atoms with E-state index in [1.807, 2.05) is 6.92 Å². The number of methoxy groups -OCH3 is 1. The molecule has 120 valence electrons. The van der Waals surface area contributed by atoms with Crippen molar-refractivity contribution in [3.63, 3.8) is 0 Å². The summed E-state index contributed by atoms with van der Waals surface area (Å²) < 4.78 is 4.61. The van der Waals surface area contributed by atoms with Crippen molar-refractivity contribution >= 4 is 5.97 Å². The molecule has 0 aromatic carbocycles. The van der Waals surface area contributed by atoms with Gasteiger partial charge in [0.25, 0.3) is 0 Å². The van der Waals surface area contributed by atoms with Crippen LogP contribution in [0, 0.1) is 0 Å². The highest BCUT2D eigenvalue weighted by atomic mass is 16.5. The number of aliphatic hydroxyl groups excluding tert-OH is 1. The number of carbonyl (C=O) groups excluding carboxylic acids is 1. The highest BCUT2D eigenvalue weighted by Crippen LogP contribution is 2.13. The zero-order chi connectivity index (χ0) is 15.1. The largest absolute Gasteiger partial charge is 0.469 e. The topological polar surface area (TPSA) is 46.5 Å². The van der Waals surface area contributed by atoms with Gasteiger partial charge in [0.1, 0.15) is 0 Å². The monoisotopic (exact) mass is 286 g/mol. The molecule has 20 heavy (non-hydrogen) atoms. The lowest BCUT2D eigenvalue weighted by atomic mass is 10.0. The predicted molar refractivity (Wildman–Crippen MR) is 83.7 cm³/mol. The quantitative estimate of drug-likeness (QED) is 0.374. The van der Waals surface area contributed by atoms with Gasteiger partial charge in [-0.15, -0.1) is 0 Å². The van der Waals surface area contributed by atoms with Gasteiger partial charge in [0.15, 0.2) is 0 Å². The van der Waals surface area contributed by atoms with E-state index in [0.29, 0.717) is 6.42 Å². The molecule has 0 spiro atoms. The van der Waals surface area contributed by atoms with Crippen LogP contribution in [0.4, 0.5) is 0 Å². The van der Waals surface area contributed by atoms with Crippen molar-refractivity contribution in [2.24, 2.45) is 0 Å². The Morgan fingerprint density at radius 2 is 1.35 bits per heavy atom. The third kappa shape index (κ3) is 13.9. The van der Waals surface area contributed by atoms with Crippen molar-refractivity contribution in [2.45, 2.75) is 96.5 Å². The van der Waals surface area contributed by atoms with Crippen LogP contribution in [-0.2, 0) is 9.53 Å². The van der Waals surface area contributed by atoms with E-state index in [-0.39, 0.29) is 12.1 Å². The standard InChI is InChI=1S/C17H34O3/c1-3-16(18)14-12-10-8-6-4-5-7-9-11-13-15-17(19)20-2/h16,18H,3-15H2,1-2H3. The van der Waals surface area contributed by atoms with Gasteiger partial charge in [0.2, 0.25) is 0 Å². The Labute approximate surface area is 125 Å². The average molecular weight is 286 g/mol. The van der Waals surface area contributed by atoms with Crippen molar-refractivity contribution < 1.29 is 14.6 Å². The minimum atomic E-state index is -0.0850. The molecule has 1 N–H and O–H groups in total. The van der Waals surface area contributed by atoms with E-state index in [1.54, 1.807) is 0 Å². The van der Waals surface area contributed by atoms with E-state index in [1.165, 1.54) is 58.5 Å². The maximum atomic E-state index is 10.9. The Balaban J connectivity index is 3.04. The van der Waals surface area contributed by atoms with E-state index >= 15 is 0 Å². The molecular weight excluding hydrogens is 252 g/mol. The molecule has 0 aromatic heterocycles. The first-order valence-electron chi connectivity index (χ1n) is 8.45. The summed E-state index contributed by atoms with van der Waals surface area (Å²) in [6.45, 7) is 2.04. The number of ether oxygens (including phenoxy) is 1. The van der Waals surface area contributed by atoms with Crippen LogP contribution in [0.5, 0.6) is 0 Å². The minimum absolute atomic E-state index is 0.0833. The molecule has 0 amide bonds. The van der Waals surface area contributed by atoms with Crippen molar-refractivity contribution in [3.8, 4) is 0 Å². The first-order chi connectivity index (χ1) is 9.70. The Hall–Kier alpha value is -0.570. The van der Waals surface area contributed by atoms with Gasteiger partial charge in [-0.2, -0.15) is 0 Å². The van der Waals surface area contributed by atoms with Crippen LogP contribution < -0.4 is 0 Å². The number of carbonyl (C=O) groups is 1. The zero-order valence-electron chi connectivity index (χ0n) is 13.5. The second kappa shape index (κ2) is 14.8. The van der Waals surface area contributed by atoms with Gasteiger partial charge >= 0.3 is 5.97 Å². The number of hydrogen-bond donors (Lipinski definition) is 1. The Bertz CT molecular complexity index is 216. The molecule has 0 saturated heterocycles. The van der Waals surface area contributed by atoms with Crippen LogP contribution in [0.25, 0.3) is 0 Å². The van der Waals surface area contributed by atoms with Crippen LogP contribution in [0.15, 0.2) is 0 Å². The number of esters is 1. The molecular formula is C17H34O3. The van der Waals surface area contributed by atoms with Crippen molar-refractivity contribution in [2.75, 3.05) is 7.11 Å². The number of rotatable bonds is 14. The van der Waals surface area contributed by atoms with Crippen LogP contribution >= 0.6 is 0 Å². The summed E-state index contributed by atoms with van der Waals surface area (Å²) >= 11 is 0. The fourth-order valence-electron chi connectivity index (χ4n) is 2.37. The predicted octanol–water partition coefficient (Wildman–Crippen LogP) is 4.61. The lowest BCUT2D eigenvalue weighted by molar-refractivity contribution is -0.140. The highest BCUT2D eigenvalue weighted by molar-refractivity contribution is 5.68. The summed E-state index contributed by atoms with van der Waals surface area (Å²) in [5.74, 6) is -0.0850. The van der Waals surface area contributed by atoms with Gasteiger partial charge in [0.05, 0.1) is 13.2 Å². The van der Waals surface area contributed by atoms with E-state index in [4.69, 9.17) is 0 Å². The zero-order valence-corrected chi connectivity index (χ0v) is 13.5. The molecule has 0 bridgehead atoms. The summed E-state index contributed by atoms with van der Waals surface area (Å²) in [5, 5.41) is 9.42. The lowest BCUT2D eigenvalue weighted by Crippen LogP contribution is -2.03. The molecule has 3 nitrogen and oxygen atoms in total. The van der Waals surface area contributed by atoms with Crippen molar-refractivity contribution in [1.82, 2.24) is 0 Å². The first-order valence-corrected chi connectivity index (χ1v) is 8.45. The Morgan fingerprint density at radius 3 is 1.80 bits per heavy atom. The summed E-state index contributed by atoms with van der Waals surface area (Å²) in [7, 11) is 1.45. The van der Waals surface area contributed by atoms with Gasteiger partial charge in [-0.25, -0.2) is 0 Å². The van der Waals surface area contributed by atoms with Gasteiger partial charge in [-0.1, -0.05) is 64.7 Å². The van der Waals surface area contributed by atoms with E-state index in [2.05, 4.69) is 4.74 Å². The second-order valence-corrected chi connectivity index (χ2v) is 5.71. The van der Waals surface area contributed by atoms with Crippen LogP contribution in [0.2, 0.25) is 0 Å². The normalized spacial score (nSPS) is 12.3. The second-order valence-electron chi connectivity index (χ2n) is 5.71. The molecule has 0 aliphatic rings. The molecule has 0 saturated carbocycles. The number of unbranched alkanes of at least 4 members (excludes halogenated alkanes) is 9. The molecule has 1 atom stereocenters. The van der Waals surface area contributed by atoms with E-state index < -0.39 is 0 Å². The van der Waals surface area contributed by atoms with Gasteiger partial charge < -0.3 is 9.84 Å². The van der Waals surface area contributed by atoms with Crippen LogP contribution in [0.1, 0.15) is 90.4 Å². The fraction of sp³-hybridized carbons (Fsp3) is 0.941. The molecule has 0 radical (unpaired) electrons. The Kier molecular flexibility index (Phi) is 14.4. The fourth-order valence-corrected chi connectivity index (χ4v) is 2.37. The summed E-state index contributed by atoms with van der Waals surface area (Å²) in [6, 6.07) is 0. The summed E-state index contributed by atoms with van der Waals surface area (Å²) in [4.78, 5) is 10.9. The summed E-state index contributed by atoms with van der Waals surface area (Å²) in [5.41, 5.74) is 0. The van der Waals surface area contributed by atoms with E-state index in [0.717, 1.165) is 25.7 Å². The molecule has 3 heteroatoms. The number of aliphatic hydroxyl groups is 1. The minimum Gasteiger partial charge on any atom is -0.469 e. The van der Waals surface area contributed by atoms with Crippen LogP contribution in [0.3, 0.4) is 0 Å². The molecule has 1 unspecified atom stereocenters. The van der Waals surface area contributed by atoms with E-state index in [9.17, 15) is 9.90 Å². The SMILES string of the molecule is CCC(O)CCCCCCCCCCCCC(=O)OC. The van der Waals surface area contributed by atoms with Gasteiger partial charge in [-0.3, -0.25) is 4.79 Å². The maximum absolute atomic E-state index is 10.9. The number of hydrogen-bond acceptors (Lipinski definition) is 3. The molecule has 0 rings (SSSR count). The smallest absolute Gasteiger partial charge is 0.305 e. The maximum Gasteiger partial charge on any atom is 0.305 e. The molecule has 0 aromatic rings. The average Bonchev–Trinajstić information content (AvgIpc) is 2.47. The molecule has 0 heterocycles. The molecule has 0 aliphatic carbocycles. The third-order valence-electron chi connectivity index (χ3n) is 3.87. The first kappa shape index (κ1) is 19.4. The Morgan fingerprint density at radius 1 is 0.900 bits per heavy atom. The van der Waals surface area contributed by atoms with Crippen LogP contribution in [-0.4, -0.2) is 24.3 Å². The van der Waals surface area contributed by atoms with Crippen molar-refractivity contribution in [3.05, 3.63) is 0 Å². The molecule has 0 fully saturated rings. The summed E-state index contributed by atoms with van der Waals surface area (Å²) in [6.07, 6.45) is 14.7.